The van der Waals surface area contributed by atoms with Crippen LogP contribution in [0.15, 0.2) is 0 Å². The van der Waals surface area contributed by atoms with Gasteiger partial charge in [0.25, 0.3) is 0 Å². The molecule has 1 rings (SSSR count). The van der Waals surface area contributed by atoms with E-state index in [0.717, 1.165) is 36.6 Å². The monoisotopic (exact) mass is 226 g/mol. The van der Waals surface area contributed by atoms with E-state index < -0.39 is 0 Å². The fourth-order valence-electron chi connectivity index (χ4n) is 1.96. The van der Waals surface area contributed by atoms with Gasteiger partial charge in [0.1, 0.15) is 5.82 Å². The van der Waals surface area contributed by atoms with Gasteiger partial charge in [-0.15, -0.1) is 0 Å². The standard InChI is InChI=1S/C11H22N4O/c1-9-10(8-12)11(15(3)13-9)14(2)6-5-7-16-4/h5-8,12H2,1-4H3. The minimum Gasteiger partial charge on any atom is -0.385 e. The van der Waals surface area contributed by atoms with Gasteiger partial charge >= 0.3 is 0 Å². The molecule has 0 amide bonds. The minimum atomic E-state index is 0.531. The molecule has 0 aliphatic heterocycles. The van der Waals surface area contributed by atoms with E-state index in [1.54, 1.807) is 7.11 Å². The van der Waals surface area contributed by atoms with Crippen LogP contribution >= 0.6 is 0 Å². The van der Waals surface area contributed by atoms with Crippen molar-refractivity contribution >= 4 is 5.82 Å². The van der Waals surface area contributed by atoms with Crippen LogP contribution in [-0.4, -0.2) is 37.1 Å². The van der Waals surface area contributed by atoms with Crippen LogP contribution in [0.3, 0.4) is 0 Å². The quantitative estimate of drug-likeness (QED) is 0.724. The first-order valence-corrected chi connectivity index (χ1v) is 5.54. The molecule has 0 aromatic carbocycles. The highest BCUT2D eigenvalue weighted by Gasteiger charge is 2.14. The molecule has 0 spiro atoms. The molecule has 1 heterocycles. The van der Waals surface area contributed by atoms with Gasteiger partial charge in [-0.1, -0.05) is 0 Å². The fourth-order valence-corrected chi connectivity index (χ4v) is 1.96. The van der Waals surface area contributed by atoms with Crippen LogP contribution in [-0.2, 0) is 18.3 Å². The van der Waals surface area contributed by atoms with Gasteiger partial charge in [-0.2, -0.15) is 5.10 Å². The first-order valence-electron chi connectivity index (χ1n) is 5.54. The first-order chi connectivity index (χ1) is 7.61. The lowest BCUT2D eigenvalue weighted by atomic mass is 10.2. The van der Waals surface area contributed by atoms with E-state index in [2.05, 4.69) is 17.0 Å². The summed E-state index contributed by atoms with van der Waals surface area (Å²) in [5, 5.41) is 4.39. The molecule has 1 aromatic heterocycles. The number of hydrogen-bond donors (Lipinski definition) is 1. The van der Waals surface area contributed by atoms with Crippen molar-refractivity contribution in [2.24, 2.45) is 12.8 Å². The number of hydrogen-bond acceptors (Lipinski definition) is 4. The predicted octanol–water partition coefficient (Wildman–Crippen LogP) is 0.660. The number of ether oxygens (including phenoxy) is 1. The van der Waals surface area contributed by atoms with Crippen molar-refractivity contribution in [3.63, 3.8) is 0 Å². The molecule has 0 aliphatic carbocycles. The summed E-state index contributed by atoms with van der Waals surface area (Å²) in [5.41, 5.74) is 7.89. The smallest absolute Gasteiger partial charge is 0.131 e. The molecule has 0 atom stereocenters. The zero-order valence-corrected chi connectivity index (χ0v) is 10.7. The molecule has 1 aromatic rings. The summed E-state index contributed by atoms with van der Waals surface area (Å²) in [6.07, 6.45) is 1.00. The van der Waals surface area contributed by atoms with Gasteiger partial charge in [0.15, 0.2) is 0 Å². The van der Waals surface area contributed by atoms with E-state index in [1.807, 2.05) is 18.7 Å². The number of methoxy groups -OCH3 is 1. The second kappa shape index (κ2) is 5.86. The topological polar surface area (TPSA) is 56.3 Å². The lowest BCUT2D eigenvalue weighted by Crippen LogP contribution is -2.23. The van der Waals surface area contributed by atoms with Gasteiger partial charge < -0.3 is 15.4 Å². The van der Waals surface area contributed by atoms with Crippen molar-refractivity contribution in [3.8, 4) is 0 Å². The molecule has 0 aliphatic rings. The average molecular weight is 226 g/mol. The molecular formula is C11H22N4O. The third-order valence-electron chi connectivity index (χ3n) is 2.72. The maximum atomic E-state index is 5.75. The van der Waals surface area contributed by atoms with Crippen LogP contribution < -0.4 is 10.6 Å². The van der Waals surface area contributed by atoms with Crippen molar-refractivity contribution in [1.82, 2.24) is 9.78 Å². The average Bonchev–Trinajstić information content (AvgIpc) is 2.53. The molecule has 0 radical (unpaired) electrons. The Morgan fingerprint density at radius 2 is 2.19 bits per heavy atom. The molecule has 0 bridgehead atoms. The summed E-state index contributed by atoms with van der Waals surface area (Å²) in [5.74, 6) is 1.11. The van der Waals surface area contributed by atoms with Crippen LogP contribution in [0.1, 0.15) is 17.7 Å². The molecule has 92 valence electrons. The molecule has 16 heavy (non-hydrogen) atoms. The molecule has 0 saturated heterocycles. The Bertz CT molecular complexity index is 335. The second-order valence-corrected chi connectivity index (χ2v) is 3.98. The summed E-state index contributed by atoms with van der Waals surface area (Å²) in [4.78, 5) is 2.18. The highest BCUT2D eigenvalue weighted by molar-refractivity contribution is 5.49. The molecule has 5 heteroatoms. The minimum absolute atomic E-state index is 0.531. The van der Waals surface area contributed by atoms with Gasteiger partial charge in [-0.3, -0.25) is 4.68 Å². The third-order valence-corrected chi connectivity index (χ3v) is 2.72. The van der Waals surface area contributed by atoms with Crippen molar-refractivity contribution in [2.75, 3.05) is 32.2 Å². The highest BCUT2D eigenvalue weighted by Crippen LogP contribution is 2.21. The Hall–Kier alpha value is -1.07. The van der Waals surface area contributed by atoms with Crippen LogP contribution in [0.2, 0.25) is 0 Å². The zero-order valence-electron chi connectivity index (χ0n) is 10.7. The van der Waals surface area contributed by atoms with E-state index in [-0.39, 0.29) is 0 Å². The van der Waals surface area contributed by atoms with E-state index in [4.69, 9.17) is 10.5 Å². The fraction of sp³-hybridized carbons (Fsp3) is 0.727. The lowest BCUT2D eigenvalue weighted by molar-refractivity contribution is 0.196. The van der Waals surface area contributed by atoms with E-state index in [1.165, 1.54) is 0 Å². The molecule has 0 fully saturated rings. The molecule has 0 saturated carbocycles. The SMILES string of the molecule is COCCCN(C)c1c(CN)c(C)nn1C. The summed E-state index contributed by atoms with van der Waals surface area (Å²) in [6, 6.07) is 0. The van der Waals surface area contributed by atoms with Crippen LogP contribution in [0.25, 0.3) is 0 Å². The maximum Gasteiger partial charge on any atom is 0.131 e. The van der Waals surface area contributed by atoms with E-state index in [0.29, 0.717) is 6.54 Å². The number of nitrogens with zero attached hydrogens (tertiary/aromatic N) is 3. The summed E-state index contributed by atoms with van der Waals surface area (Å²) < 4.78 is 6.94. The number of aromatic nitrogens is 2. The molecule has 0 unspecified atom stereocenters. The molecule has 2 N–H and O–H groups in total. The van der Waals surface area contributed by atoms with Crippen molar-refractivity contribution in [1.29, 1.82) is 0 Å². The predicted molar refractivity (Wildman–Crippen MR) is 65.6 cm³/mol. The lowest BCUT2D eigenvalue weighted by Gasteiger charge is -2.20. The largest absolute Gasteiger partial charge is 0.385 e. The van der Waals surface area contributed by atoms with Crippen LogP contribution in [0.5, 0.6) is 0 Å². The van der Waals surface area contributed by atoms with Crippen molar-refractivity contribution in [2.45, 2.75) is 19.9 Å². The van der Waals surface area contributed by atoms with Crippen molar-refractivity contribution < 1.29 is 4.74 Å². The van der Waals surface area contributed by atoms with Gasteiger partial charge in [-0.05, 0) is 13.3 Å². The number of anilines is 1. The first kappa shape index (κ1) is 13.0. The number of aryl methyl sites for hydroxylation is 2. The third kappa shape index (κ3) is 2.74. The van der Waals surface area contributed by atoms with Crippen LogP contribution in [0.4, 0.5) is 5.82 Å². The Morgan fingerprint density at radius 1 is 1.50 bits per heavy atom. The highest BCUT2D eigenvalue weighted by atomic mass is 16.5. The number of rotatable bonds is 6. The van der Waals surface area contributed by atoms with E-state index in [9.17, 15) is 0 Å². The second-order valence-electron chi connectivity index (χ2n) is 3.98. The maximum absolute atomic E-state index is 5.75. The summed E-state index contributed by atoms with van der Waals surface area (Å²) in [6.45, 7) is 4.25. The van der Waals surface area contributed by atoms with Crippen molar-refractivity contribution in [3.05, 3.63) is 11.3 Å². The zero-order chi connectivity index (χ0) is 12.1. The van der Waals surface area contributed by atoms with Crippen LogP contribution in [0, 0.1) is 6.92 Å². The van der Waals surface area contributed by atoms with Gasteiger partial charge in [0, 0.05) is 46.5 Å². The Labute approximate surface area is 97.2 Å². The summed E-state index contributed by atoms with van der Waals surface area (Å²) >= 11 is 0. The normalized spacial score (nSPS) is 10.8. The summed E-state index contributed by atoms with van der Waals surface area (Å²) in [7, 11) is 5.74. The Kier molecular flexibility index (Phi) is 4.76. The van der Waals surface area contributed by atoms with Gasteiger partial charge in [0.05, 0.1) is 5.69 Å². The van der Waals surface area contributed by atoms with Gasteiger partial charge in [-0.25, -0.2) is 0 Å². The molecule has 5 nitrogen and oxygen atoms in total. The van der Waals surface area contributed by atoms with Gasteiger partial charge in [0.2, 0.25) is 0 Å². The number of nitrogens with two attached hydrogens (primary N) is 1. The Balaban J connectivity index is 2.77. The van der Waals surface area contributed by atoms with E-state index >= 15 is 0 Å². The molecular weight excluding hydrogens is 204 g/mol. The Morgan fingerprint density at radius 3 is 2.75 bits per heavy atom.